The van der Waals surface area contributed by atoms with Crippen molar-refractivity contribution in [3.05, 3.63) is 44.7 Å². The van der Waals surface area contributed by atoms with Crippen LogP contribution in [-0.4, -0.2) is 50.9 Å². The molecule has 0 radical (unpaired) electrons. The Bertz CT molecular complexity index is 1520. The average molecular weight is 569 g/mol. The molecule has 0 spiro atoms. The van der Waals surface area contributed by atoms with Gasteiger partial charge < -0.3 is 15.3 Å². The predicted octanol–water partition coefficient (Wildman–Crippen LogP) is 2.64. The van der Waals surface area contributed by atoms with Crippen molar-refractivity contribution >= 4 is 59.5 Å². The third kappa shape index (κ3) is 3.90. The van der Waals surface area contributed by atoms with E-state index in [2.05, 4.69) is 14.4 Å². The lowest BCUT2D eigenvalue weighted by atomic mass is 9.77. The summed E-state index contributed by atoms with van der Waals surface area (Å²) in [6, 6.07) is 1.84. The number of carbonyl (C=O) groups is 1. The molecule has 2 aliphatic heterocycles. The summed E-state index contributed by atoms with van der Waals surface area (Å²) in [5, 5.41) is 20.0. The molecule has 0 aromatic carbocycles. The summed E-state index contributed by atoms with van der Waals surface area (Å²) < 4.78 is 55.6. The molecule has 2 aromatic rings. The lowest BCUT2D eigenvalue weighted by molar-refractivity contribution is -0.134. The van der Waals surface area contributed by atoms with Crippen molar-refractivity contribution in [1.82, 2.24) is 9.62 Å². The number of amidine groups is 1. The molecule has 2 saturated carbocycles. The van der Waals surface area contributed by atoms with Gasteiger partial charge in [-0.25, -0.2) is 13.1 Å². The van der Waals surface area contributed by atoms with E-state index in [4.69, 9.17) is 0 Å². The molecule has 4 unspecified atom stereocenters. The van der Waals surface area contributed by atoms with Gasteiger partial charge in [0.2, 0.25) is 10.0 Å². The van der Waals surface area contributed by atoms with Crippen LogP contribution in [0.2, 0.25) is 0 Å². The number of aliphatic hydroxyl groups excluding tert-OH is 1. The normalized spacial score (nSPS) is 28.6. The van der Waals surface area contributed by atoms with E-state index in [0.717, 1.165) is 42.4 Å². The Morgan fingerprint density at radius 1 is 1.28 bits per heavy atom. The van der Waals surface area contributed by atoms with Crippen molar-refractivity contribution < 1.29 is 26.7 Å². The number of sulfonamides is 2. The van der Waals surface area contributed by atoms with Crippen LogP contribution in [0.4, 0.5) is 5.00 Å². The fourth-order valence-corrected chi connectivity index (χ4v) is 9.80. The van der Waals surface area contributed by atoms with Crippen molar-refractivity contribution in [2.24, 2.45) is 22.2 Å². The molecule has 2 fully saturated rings. The average Bonchev–Trinajstić information content (AvgIpc) is 3.58. The number of aliphatic hydroxyl groups is 1. The largest absolute Gasteiger partial charge is 0.511 e. The van der Waals surface area contributed by atoms with E-state index in [1.807, 2.05) is 16.8 Å². The summed E-state index contributed by atoms with van der Waals surface area (Å²) in [7, 11) is -7.79. The second-order valence-corrected chi connectivity index (χ2v) is 14.8. The highest BCUT2D eigenvalue weighted by atomic mass is 32.2. The first kappa shape index (κ1) is 24.1. The van der Waals surface area contributed by atoms with Gasteiger partial charge in [0.25, 0.3) is 15.9 Å². The van der Waals surface area contributed by atoms with Crippen LogP contribution >= 0.6 is 22.7 Å². The highest BCUT2D eigenvalue weighted by Crippen LogP contribution is 2.55. The van der Waals surface area contributed by atoms with Gasteiger partial charge in [-0.2, -0.15) is 19.8 Å². The Morgan fingerprint density at radius 3 is 2.78 bits per heavy atom. The van der Waals surface area contributed by atoms with Gasteiger partial charge in [0.05, 0.1) is 6.26 Å². The Morgan fingerprint density at radius 2 is 2.06 bits per heavy atom. The molecule has 0 saturated heterocycles. The van der Waals surface area contributed by atoms with Crippen molar-refractivity contribution in [1.29, 1.82) is 0 Å². The quantitative estimate of drug-likeness (QED) is 0.486. The van der Waals surface area contributed by atoms with Crippen LogP contribution in [0, 0.1) is 17.8 Å². The molecule has 2 bridgehead atoms. The predicted molar refractivity (Wildman–Crippen MR) is 137 cm³/mol. The van der Waals surface area contributed by atoms with Crippen molar-refractivity contribution in [2.45, 2.75) is 43.3 Å². The van der Waals surface area contributed by atoms with Gasteiger partial charge >= 0.3 is 0 Å². The van der Waals surface area contributed by atoms with Crippen LogP contribution in [0.1, 0.15) is 30.4 Å². The van der Waals surface area contributed by atoms with E-state index in [0.29, 0.717) is 12.5 Å². The molecule has 2 aliphatic carbocycles. The number of rotatable bonds is 6. The Kier molecular flexibility index (Phi) is 5.61. The van der Waals surface area contributed by atoms with Gasteiger partial charge in [-0.1, -0.05) is 0 Å². The molecule has 2 aromatic heterocycles. The lowest BCUT2D eigenvalue weighted by Crippen LogP contribution is -2.53. The number of amides is 1. The van der Waals surface area contributed by atoms with Crippen LogP contribution < -0.4 is 10.0 Å². The highest BCUT2D eigenvalue weighted by Gasteiger charge is 2.57. The lowest BCUT2D eigenvalue weighted by Gasteiger charge is -2.44. The SMILES string of the molecule is CS(=O)(=O)NCc1csc2c1S(=O)(=O)N=C(C1=C(O)C3C4CCC(C4)C3N(Cc3ccsc3)C1=O)N2. The molecule has 36 heavy (non-hydrogen) atoms. The summed E-state index contributed by atoms with van der Waals surface area (Å²) in [6.07, 6.45) is 3.90. The first-order valence-corrected chi connectivity index (χ1v) is 16.6. The van der Waals surface area contributed by atoms with Gasteiger partial charge in [0, 0.05) is 30.6 Å². The van der Waals surface area contributed by atoms with Gasteiger partial charge in [0.1, 0.15) is 21.2 Å². The molecular formula is C22H24N4O6S4. The van der Waals surface area contributed by atoms with Crippen molar-refractivity contribution in [2.75, 3.05) is 11.6 Å². The number of hydrogen-bond donors (Lipinski definition) is 3. The fraction of sp³-hybridized carbons (Fsp3) is 0.455. The summed E-state index contributed by atoms with van der Waals surface area (Å²) in [4.78, 5) is 15.5. The standard InChI is InChI=1S/C22H24N4O6S4/c1-35(29,30)23-7-14-10-34-21-19(14)36(31,32)25-20(24-21)16-18(27)15-12-2-3-13(6-12)17(15)26(22(16)28)8-11-4-5-33-9-11/h4-5,9-10,12-13,15,17,23,27H,2-3,6-8H2,1H3,(H,24,25). The summed E-state index contributed by atoms with van der Waals surface area (Å²) in [5.41, 5.74) is 1.15. The topological polar surface area (TPSA) is 145 Å². The Labute approximate surface area is 216 Å². The monoisotopic (exact) mass is 568 g/mol. The number of nitrogens with zero attached hydrogens (tertiary/aromatic N) is 2. The molecular weight excluding hydrogens is 545 g/mol. The fourth-order valence-electron chi connectivity index (χ4n) is 6.12. The molecule has 3 N–H and O–H groups in total. The maximum absolute atomic E-state index is 13.8. The van der Waals surface area contributed by atoms with E-state index in [9.17, 15) is 26.7 Å². The minimum atomic E-state index is -4.26. The van der Waals surface area contributed by atoms with Crippen LogP contribution in [0.5, 0.6) is 0 Å². The minimum Gasteiger partial charge on any atom is -0.511 e. The third-order valence-electron chi connectivity index (χ3n) is 7.49. The molecule has 4 atom stereocenters. The zero-order valence-corrected chi connectivity index (χ0v) is 22.4. The van der Waals surface area contributed by atoms with Crippen molar-refractivity contribution in [3.63, 3.8) is 0 Å². The summed E-state index contributed by atoms with van der Waals surface area (Å²) in [5.74, 6) is -0.412. The van der Waals surface area contributed by atoms with E-state index in [1.54, 1.807) is 16.2 Å². The van der Waals surface area contributed by atoms with Crippen LogP contribution in [0.15, 0.2) is 42.8 Å². The van der Waals surface area contributed by atoms with Crippen molar-refractivity contribution in [3.8, 4) is 0 Å². The number of nitrogens with one attached hydrogen (secondary N) is 2. The maximum atomic E-state index is 13.8. The second-order valence-electron chi connectivity index (χ2n) is 9.73. The molecule has 4 aliphatic rings. The second kappa shape index (κ2) is 8.38. The van der Waals surface area contributed by atoms with Crippen LogP contribution in [0.3, 0.4) is 0 Å². The third-order valence-corrected chi connectivity index (χ3v) is 11.4. The number of thiophene rings is 2. The molecule has 14 heteroatoms. The van der Waals surface area contributed by atoms with E-state index in [-0.39, 0.29) is 57.1 Å². The Hall–Kier alpha value is -2.26. The molecule has 4 heterocycles. The zero-order valence-electron chi connectivity index (χ0n) is 19.2. The molecule has 10 nitrogen and oxygen atoms in total. The first-order valence-electron chi connectivity index (χ1n) is 11.5. The summed E-state index contributed by atoms with van der Waals surface area (Å²) >= 11 is 2.62. The van der Waals surface area contributed by atoms with Gasteiger partial charge in [-0.15, -0.1) is 15.7 Å². The zero-order chi connectivity index (χ0) is 25.4. The van der Waals surface area contributed by atoms with Crippen LogP contribution in [-0.2, 0) is 37.9 Å². The minimum absolute atomic E-state index is 0.0841. The van der Waals surface area contributed by atoms with E-state index in [1.165, 1.54) is 5.38 Å². The molecule has 6 rings (SSSR count). The maximum Gasteiger partial charge on any atom is 0.287 e. The number of hydrogen-bond acceptors (Lipinski definition) is 9. The van der Waals surface area contributed by atoms with E-state index < -0.39 is 26.0 Å². The number of fused-ring (bicyclic) bond motifs is 6. The number of carbonyl (C=O) groups excluding carboxylic acids is 1. The number of anilines is 1. The first-order chi connectivity index (χ1) is 17.0. The van der Waals surface area contributed by atoms with E-state index >= 15 is 0 Å². The highest BCUT2D eigenvalue weighted by molar-refractivity contribution is 7.91. The van der Waals surface area contributed by atoms with Gasteiger partial charge in [-0.3, -0.25) is 4.79 Å². The van der Waals surface area contributed by atoms with Gasteiger partial charge in [-0.05, 0) is 58.9 Å². The van der Waals surface area contributed by atoms with Crippen LogP contribution in [0.25, 0.3) is 0 Å². The van der Waals surface area contributed by atoms with Gasteiger partial charge in [0.15, 0.2) is 5.84 Å². The summed E-state index contributed by atoms with van der Waals surface area (Å²) in [6.45, 7) is 0.180. The molecule has 192 valence electrons. The smallest absolute Gasteiger partial charge is 0.287 e. The Balaban J connectivity index is 1.40. The molecule has 1 amide bonds.